The van der Waals surface area contributed by atoms with Crippen LogP contribution in [0, 0.1) is 24.0 Å². The number of nitrogens with zero attached hydrogens (tertiary/aromatic N) is 4. The first kappa shape index (κ1) is 26.3. The highest BCUT2D eigenvalue weighted by atomic mass is 35.5. The van der Waals surface area contributed by atoms with Crippen molar-refractivity contribution in [3.05, 3.63) is 63.6 Å². The molecule has 1 saturated heterocycles. The molecular formula is C29H29ClF2N4O2S. The summed E-state index contributed by atoms with van der Waals surface area (Å²) in [5, 5.41) is 0.658. The number of thioether (sulfide) groups is 1. The molecule has 10 heteroatoms. The van der Waals surface area contributed by atoms with Gasteiger partial charge >= 0.3 is 5.69 Å². The summed E-state index contributed by atoms with van der Waals surface area (Å²) in [4.78, 5) is 35.4. The molecule has 3 aromatic rings. The van der Waals surface area contributed by atoms with Gasteiger partial charge in [-0.3, -0.25) is 9.36 Å². The van der Waals surface area contributed by atoms with E-state index in [2.05, 4.69) is 16.5 Å². The summed E-state index contributed by atoms with van der Waals surface area (Å²) < 4.78 is 31.0. The van der Waals surface area contributed by atoms with E-state index in [0.29, 0.717) is 31.0 Å². The lowest BCUT2D eigenvalue weighted by Gasteiger charge is -2.44. The summed E-state index contributed by atoms with van der Waals surface area (Å²) in [6.45, 7) is 11.0. The number of benzene rings is 2. The maximum Gasteiger partial charge on any atom is 0.350 e. The highest BCUT2D eigenvalue weighted by Gasteiger charge is 2.46. The zero-order chi connectivity index (χ0) is 27.8. The van der Waals surface area contributed by atoms with Crippen molar-refractivity contribution in [2.75, 3.05) is 23.7 Å². The van der Waals surface area contributed by atoms with Crippen LogP contribution in [-0.4, -0.2) is 51.3 Å². The van der Waals surface area contributed by atoms with E-state index in [1.165, 1.54) is 12.1 Å². The molecule has 1 amide bonds. The minimum absolute atomic E-state index is 0.00744. The number of rotatable bonds is 3. The standard InChI is InChI=1S/C29H29ClF2N4O2S/c1-5-23(37)36-16(3)11-34(12-17(36)4)27-19-8-15(2)24(18-9-20(30)22(32)10-21(18)31)26-25(19)35(28(38)33-27)13-29(6-7-29)14-39-26/h5,8-10,16-17H,1,6-7,11-14H2,2-4H3/t16-,17+. The predicted molar refractivity (Wildman–Crippen MR) is 152 cm³/mol. The Morgan fingerprint density at radius 3 is 2.51 bits per heavy atom. The lowest BCUT2D eigenvalue weighted by Crippen LogP contribution is -2.58. The summed E-state index contributed by atoms with van der Waals surface area (Å²) in [6.07, 6.45) is 3.36. The van der Waals surface area contributed by atoms with Gasteiger partial charge < -0.3 is 9.80 Å². The summed E-state index contributed by atoms with van der Waals surface area (Å²) in [6, 6.07) is 3.86. The Morgan fingerprint density at radius 1 is 1.18 bits per heavy atom. The number of amides is 1. The van der Waals surface area contributed by atoms with Gasteiger partial charge in [0, 0.05) is 64.9 Å². The first-order valence-electron chi connectivity index (χ1n) is 13.1. The molecular weight excluding hydrogens is 542 g/mol. The number of carbonyl (C=O) groups is 1. The van der Waals surface area contributed by atoms with Crippen LogP contribution < -0.4 is 10.6 Å². The Balaban J connectivity index is 1.59. The normalized spacial score (nSPS) is 21.8. The number of carbonyl (C=O) groups excluding carboxylic acids is 1. The van der Waals surface area contributed by atoms with Crippen molar-refractivity contribution in [2.24, 2.45) is 5.41 Å². The molecule has 0 radical (unpaired) electrons. The molecule has 3 heterocycles. The Morgan fingerprint density at radius 2 is 1.87 bits per heavy atom. The molecule has 6 nitrogen and oxygen atoms in total. The van der Waals surface area contributed by atoms with E-state index >= 15 is 4.39 Å². The van der Waals surface area contributed by atoms with E-state index < -0.39 is 11.6 Å². The molecule has 0 unspecified atom stereocenters. The third-order valence-corrected chi connectivity index (χ3v) is 10.0. The first-order valence-corrected chi connectivity index (χ1v) is 14.5. The molecule has 3 aliphatic rings. The van der Waals surface area contributed by atoms with Gasteiger partial charge in [0.1, 0.15) is 17.5 Å². The third kappa shape index (κ3) is 4.25. The van der Waals surface area contributed by atoms with Gasteiger partial charge in [-0.25, -0.2) is 13.6 Å². The number of halogens is 3. The van der Waals surface area contributed by atoms with Crippen LogP contribution in [0.4, 0.5) is 14.6 Å². The van der Waals surface area contributed by atoms with Crippen molar-refractivity contribution >= 4 is 46.0 Å². The average Bonchev–Trinajstić information content (AvgIpc) is 3.67. The monoisotopic (exact) mass is 570 g/mol. The lowest BCUT2D eigenvalue weighted by molar-refractivity contribution is -0.130. The van der Waals surface area contributed by atoms with Crippen LogP contribution >= 0.6 is 23.4 Å². The van der Waals surface area contributed by atoms with Crippen LogP contribution in [0.2, 0.25) is 5.02 Å². The predicted octanol–water partition coefficient (Wildman–Crippen LogP) is 5.80. The number of piperazine rings is 1. The summed E-state index contributed by atoms with van der Waals surface area (Å²) in [7, 11) is 0. The molecule has 6 rings (SSSR count). The van der Waals surface area contributed by atoms with Crippen LogP contribution in [-0.2, 0) is 11.3 Å². The van der Waals surface area contributed by atoms with Crippen molar-refractivity contribution in [3.8, 4) is 11.1 Å². The van der Waals surface area contributed by atoms with Gasteiger partial charge in [0.2, 0.25) is 5.91 Å². The lowest BCUT2D eigenvalue weighted by atomic mass is 9.96. The molecule has 2 atom stereocenters. The maximum absolute atomic E-state index is 15.2. The molecule has 1 saturated carbocycles. The Labute approximate surface area is 234 Å². The van der Waals surface area contributed by atoms with E-state index in [0.717, 1.165) is 46.0 Å². The van der Waals surface area contributed by atoms with Gasteiger partial charge in [-0.05, 0) is 62.8 Å². The zero-order valence-electron chi connectivity index (χ0n) is 22.1. The maximum atomic E-state index is 15.2. The quantitative estimate of drug-likeness (QED) is 0.294. The smallest absolute Gasteiger partial charge is 0.350 e. The fraction of sp³-hybridized carbons (Fsp3) is 0.414. The summed E-state index contributed by atoms with van der Waals surface area (Å²) >= 11 is 7.73. The Bertz CT molecular complexity index is 1610. The number of hydrogen-bond donors (Lipinski definition) is 0. The van der Waals surface area contributed by atoms with Crippen molar-refractivity contribution in [2.45, 2.75) is 57.1 Å². The number of aromatic nitrogens is 2. The number of hydrogen-bond acceptors (Lipinski definition) is 5. The highest BCUT2D eigenvalue weighted by Crippen LogP contribution is 2.55. The van der Waals surface area contributed by atoms with Gasteiger partial charge in [0.15, 0.2) is 0 Å². The fourth-order valence-electron chi connectivity index (χ4n) is 6.22. The summed E-state index contributed by atoms with van der Waals surface area (Å²) in [5.74, 6) is -0.274. The highest BCUT2D eigenvalue weighted by molar-refractivity contribution is 7.99. The van der Waals surface area contributed by atoms with E-state index in [1.54, 1.807) is 16.3 Å². The van der Waals surface area contributed by atoms with Gasteiger partial charge in [0.25, 0.3) is 0 Å². The molecule has 1 aliphatic carbocycles. The van der Waals surface area contributed by atoms with Crippen molar-refractivity contribution < 1.29 is 13.6 Å². The molecule has 2 fully saturated rings. The molecule has 1 spiro atoms. The van der Waals surface area contributed by atoms with E-state index in [1.807, 2.05) is 31.7 Å². The Kier molecular flexibility index (Phi) is 6.30. The van der Waals surface area contributed by atoms with Gasteiger partial charge in [-0.1, -0.05) is 18.2 Å². The van der Waals surface area contributed by atoms with E-state index in [9.17, 15) is 14.0 Å². The second-order valence-corrected chi connectivity index (χ2v) is 12.6. The largest absolute Gasteiger partial charge is 0.352 e. The second-order valence-electron chi connectivity index (χ2n) is 11.2. The number of aryl methyl sites for hydroxylation is 1. The second kappa shape index (κ2) is 9.34. The topological polar surface area (TPSA) is 58.4 Å². The molecule has 1 aromatic heterocycles. The minimum atomic E-state index is -0.812. The summed E-state index contributed by atoms with van der Waals surface area (Å²) in [5.41, 5.74) is 2.01. The van der Waals surface area contributed by atoms with Crippen LogP contribution in [0.3, 0.4) is 0 Å². The first-order chi connectivity index (χ1) is 18.5. The van der Waals surface area contributed by atoms with Crippen molar-refractivity contribution in [3.63, 3.8) is 0 Å². The van der Waals surface area contributed by atoms with Gasteiger partial charge in [-0.15, -0.1) is 11.8 Å². The molecule has 39 heavy (non-hydrogen) atoms. The minimum Gasteiger partial charge on any atom is -0.352 e. The van der Waals surface area contributed by atoms with E-state index in [-0.39, 0.29) is 39.7 Å². The number of anilines is 1. The third-order valence-electron chi connectivity index (χ3n) is 8.30. The molecule has 2 aromatic carbocycles. The van der Waals surface area contributed by atoms with Crippen LogP contribution in [0.15, 0.2) is 40.5 Å². The van der Waals surface area contributed by atoms with Gasteiger partial charge in [0.05, 0.1) is 10.5 Å². The molecule has 0 bridgehead atoms. The molecule has 2 aliphatic heterocycles. The van der Waals surface area contributed by atoms with Crippen LogP contribution in [0.1, 0.15) is 32.3 Å². The Hall–Kier alpha value is -2.91. The van der Waals surface area contributed by atoms with Gasteiger partial charge in [-0.2, -0.15) is 4.98 Å². The van der Waals surface area contributed by atoms with E-state index in [4.69, 9.17) is 11.6 Å². The molecule has 0 N–H and O–H groups in total. The van der Waals surface area contributed by atoms with Crippen molar-refractivity contribution in [1.29, 1.82) is 0 Å². The SMILES string of the molecule is C=CC(=O)N1[C@H](C)CN(c2nc(=O)n3c4c(c(-c5cc(Cl)c(F)cc5F)c(C)cc24)SCC2(CC2)C3)C[C@@H]1C. The average molecular weight is 571 g/mol. The van der Waals surface area contributed by atoms with Crippen LogP contribution in [0.5, 0.6) is 0 Å². The fourth-order valence-corrected chi connectivity index (χ4v) is 7.99. The van der Waals surface area contributed by atoms with Crippen LogP contribution in [0.25, 0.3) is 22.0 Å². The zero-order valence-corrected chi connectivity index (χ0v) is 23.6. The van der Waals surface area contributed by atoms with Crippen molar-refractivity contribution in [1.82, 2.24) is 14.5 Å². The molecule has 204 valence electrons.